The molecule has 0 saturated carbocycles. The summed E-state index contributed by atoms with van der Waals surface area (Å²) in [7, 11) is 0. The number of fused-ring (bicyclic) bond motifs is 3. The summed E-state index contributed by atoms with van der Waals surface area (Å²) in [6, 6.07) is 0. The van der Waals surface area contributed by atoms with Crippen molar-refractivity contribution in [1.82, 2.24) is 0 Å². The molecule has 3 heterocycles. The zero-order chi connectivity index (χ0) is 13.8. The molecule has 0 radical (unpaired) electrons. The molecule has 0 aromatic rings. The summed E-state index contributed by atoms with van der Waals surface area (Å²) in [5, 5.41) is 10.6. The predicted octanol–water partition coefficient (Wildman–Crippen LogP) is 1.81. The molecule has 3 rings (SSSR count). The number of carbonyl (C=O) groups excluding carboxylic acids is 1. The number of esters is 1. The number of rotatable bonds is 0. The highest BCUT2D eigenvalue weighted by molar-refractivity contribution is 5.75. The van der Waals surface area contributed by atoms with Crippen molar-refractivity contribution >= 4 is 5.97 Å². The van der Waals surface area contributed by atoms with Gasteiger partial charge in [-0.25, -0.2) is 0 Å². The predicted molar refractivity (Wildman–Crippen MR) is 69.4 cm³/mol. The van der Waals surface area contributed by atoms with Crippen LogP contribution in [0.2, 0.25) is 0 Å². The van der Waals surface area contributed by atoms with Gasteiger partial charge in [-0.05, 0) is 38.2 Å². The van der Waals surface area contributed by atoms with Crippen molar-refractivity contribution in [3.05, 3.63) is 12.2 Å². The van der Waals surface area contributed by atoms with Crippen LogP contribution in [0.25, 0.3) is 0 Å². The molecule has 0 spiro atoms. The molecule has 0 aromatic carbocycles. The Hall–Kier alpha value is -0.870. The molecule has 0 amide bonds. The van der Waals surface area contributed by atoms with Gasteiger partial charge in [-0.2, -0.15) is 0 Å². The summed E-state index contributed by atoms with van der Waals surface area (Å²) in [6.45, 7) is 7.93. The zero-order valence-electron chi connectivity index (χ0n) is 11.6. The molecular weight excluding hydrogens is 244 g/mol. The molecular formula is C15H22O4. The number of aliphatic hydroxyl groups excluding tert-OH is 1. The summed E-state index contributed by atoms with van der Waals surface area (Å²) in [5.41, 5.74) is 0.466. The van der Waals surface area contributed by atoms with Gasteiger partial charge in [0.15, 0.2) is 0 Å². The van der Waals surface area contributed by atoms with Crippen LogP contribution in [0.3, 0.4) is 0 Å². The number of hydrogen-bond donors (Lipinski definition) is 1. The van der Waals surface area contributed by atoms with Crippen LogP contribution in [0.1, 0.15) is 39.5 Å². The quantitative estimate of drug-likeness (QED) is 0.536. The zero-order valence-corrected chi connectivity index (χ0v) is 11.6. The summed E-state index contributed by atoms with van der Waals surface area (Å²) in [5.74, 6) is -0.273. The fraction of sp³-hybridized carbons (Fsp3) is 0.800. The van der Waals surface area contributed by atoms with E-state index < -0.39 is 17.8 Å². The second-order valence-corrected chi connectivity index (χ2v) is 6.45. The molecule has 3 fully saturated rings. The highest BCUT2D eigenvalue weighted by Crippen LogP contribution is 2.45. The fourth-order valence-electron chi connectivity index (χ4n) is 3.73. The fourth-order valence-corrected chi connectivity index (χ4v) is 3.73. The van der Waals surface area contributed by atoms with Gasteiger partial charge >= 0.3 is 5.97 Å². The van der Waals surface area contributed by atoms with E-state index in [4.69, 9.17) is 9.47 Å². The topological polar surface area (TPSA) is 55.8 Å². The SMILES string of the molecule is C=C1CCC2C(C)C(=O)OC2C(O)C2(C)CCC1O2. The van der Waals surface area contributed by atoms with Crippen LogP contribution in [0.4, 0.5) is 0 Å². The molecule has 1 N–H and O–H groups in total. The highest BCUT2D eigenvalue weighted by atomic mass is 16.6. The van der Waals surface area contributed by atoms with E-state index in [0.29, 0.717) is 0 Å². The molecule has 0 aliphatic carbocycles. The minimum atomic E-state index is -0.748. The first-order valence-electron chi connectivity index (χ1n) is 7.16. The smallest absolute Gasteiger partial charge is 0.309 e. The molecule has 4 heteroatoms. The Labute approximate surface area is 113 Å². The maximum atomic E-state index is 11.8. The van der Waals surface area contributed by atoms with Crippen LogP contribution in [0.15, 0.2) is 12.2 Å². The van der Waals surface area contributed by atoms with Crippen molar-refractivity contribution < 1.29 is 19.4 Å². The molecule has 6 atom stereocenters. The van der Waals surface area contributed by atoms with E-state index in [1.807, 2.05) is 13.8 Å². The number of aliphatic hydroxyl groups is 1. The van der Waals surface area contributed by atoms with Gasteiger partial charge < -0.3 is 14.6 Å². The lowest BCUT2D eigenvalue weighted by Crippen LogP contribution is -2.49. The molecule has 6 unspecified atom stereocenters. The van der Waals surface area contributed by atoms with Crippen LogP contribution in [-0.2, 0) is 14.3 Å². The van der Waals surface area contributed by atoms with Crippen molar-refractivity contribution in [2.45, 2.75) is 63.4 Å². The van der Waals surface area contributed by atoms with Gasteiger partial charge in [0, 0.05) is 5.92 Å². The second-order valence-electron chi connectivity index (χ2n) is 6.45. The average Bonchev–Trinajstić information content (AvgIpc) is 2.90. The first-order valence-corrected chi connectivity index (χ1v) is 7.16. The van der Waals surface area contributed by atoms with Crippen molar-refractivity contribution in [1.29, 1.82) is 0 Å². The third kappa shape index (κ3) is 1.93. The second kappa shape index (κ2) is 4.32. The van der Waals surface area contributed by atoms with Gasteiger partial charge in [0.1, 0.15) is 12.2 Å². The van der Waals surface area contributed by atoms with Gasteiger partial charge in [0.2, 0.25) is 0 Å². The molecule has 106 valence electrons. The Bertz CT molecular complexity index is 418. The highest BCUT2D eigenvalue weighted by Gasteiger charge is 2.54. The Balaban J connectivity index is 1.94. The van der Waals surface area contributed by atoms with Crippen LogP contribution < -0.4 is 0 Å². The van der Waals surface area contributed by atoms with Gasteiger partial charge in [0.25, 0.3) is 0 Å². The van der Waals surface area contributed by atoms with Gasteiger partial charge in [-0.1, -0.05) is 13.5 Å². The molecule has 3 aliphatic heterocycles. The van der Waals surface area contributed by atoms with Gasteiger partial charge in [-0.3, -0.25) is 4.79 Å². The number of ether oxygens (including phenoxy) is 2. The lowest BCUT2D eigenvalue weighted by atomic mass is 9.79. The van der Waals surface area contributed by atoms with E-state index in [9.17, 15) is 9.90 Å². The third-order valence-corrected chi connectivity index (χ3v) is 5.19. The Morgan fingerprint density at radius 1 is 1.42 bits per heavy atom. The number of carbonyl (C=O) groups is 1. The largest absolute Gasteiger partial charge is 0.459 e. The molecule has 0 aromatic heterocycles. The van der Waals surface area contributed by atoms with Crippen LogP contribution in [-0.4, -0.2) is 35.0 Å². The average molecular weight is 266 g/mol. The van der Waals surface area contributed by atoms with Crippen molar-refractivity contribution in [2.75, 3.05) is 0 Å². The maximum Gasteiger partial charge on any atom is 0.309 e. The van der Waals surface area contributed by atoms with E-state index in [-0.39, 0.29) is 23.9 Å². The lowest BCUT2D eigenvalue weighted by Gasteiger charge is -2.34. The standard InChI is InChI=1S/C15H22O4/c1-8-4-5-10-9(2)14(17)18-12(10)13(16)15(3)7-6-11(8)19-15/h9-13,16H,1,4-7H2,2-3H3. The molecule has 4 nitrogen and oxygen atoms in total. The Morgan fingerprint density at radius 2 is 2.16 bits per heavy atom. The summed E-state index contributed by atoms with van der Waals surface area (Å²) in [4.78, 5) is 11.8. The van der Waals surface area contributed by atoms with E-state index in [1.54, 1.807) is 0 Å². The van der Waals surface area contributed by atoms with Crippen LogP contribution in [0, 0.1) is 11.8 Å². The summed E-state index contributed by atoms with van der Waals surface area (Å²) >= 11 is 0. The van der Waals surface area contributed by atoms with E-state index in [0.717, 1.165) is 31.3 Å². The first-order chi connectivity index (χ1) is 8.92. The first kappa shape index (κ1) is 13.1. The van der Waals surface area contributed by atoms with Crippen molar-refractivity contribution in [2.24, 2.45) is 11.8 Å². The normalized spacial score (nSPS) is 50.2. The van der Waals surface area contributed by atoms with Crippen LogP contribution in [0.5, 0.6) is 0 Å². The summed E-state index contributed by atoms with van der Waals surface area (Å²) < 4.78 is 11.5. The maximum absolute atomic E-state index is 11.8. The van der Waals surface area contributed by atoms with E-state index in [1.165, 1.54) is 0 Å². The minimum Gasteiger partial charge on any atom is -0.459 e. The van der Waals surface area contributed by atoms with Crippen molar-refractivity contribution in [3.8, 4) is 0 Å². The Kier molecular flexibility index (Phi) is 2.98. The molecule has 3 aliphatic rings. The third-order valence-electron chi connectivity index (χ3n) is 5.19. The molecule has 19 heavy (non-hydrogen) atoms. The molecule has 2 bridgehead atoms. The van der Waals surface area contributed by atoms with Gasteiger partial charge in [-0.15, -0.1) is 0 Å². The number of hydrogen-bond acceptors (Lipinski definition) is 4. The van der Waals surface area contributed by atoms with E-state index >= 15 is 0 Å². The minimum absolute atomic E-state index is 0.0458. The molecule has 3 saturated heterocycles. The van der Waals surface area contributed by atoms with Gasteiger partial charge in [0.05, 0.1) is 17.6 Å². The van der Waals surface area contributed by atoms with Crippen LogP contribution >= 0.6 is 0 Å². The monoisotopic (exact) mass is 266 g/mol. The Morgan fingerprint density at radius 3 is 2.89 bits per heavy atom. The van der Waals surface area contributed by atoms with E-state index in [2.05, 4.69) is 6.58 Å². The lowest BCUT2D eigenvalue weighted by molar-refractivity contribution is -0.164. The summed E-state index contributed by atoms with van der Waals surface area (Å²) in [6.07, 6.45) is 2.23. The van der Waals surface area contributed by atoms with Crippen molar-refractivity contribution in [3.63, 3.8) is 0 Å².